The number of rotatable bonds is 5. The summed E-state index contributed by atoms with van der Waals surface area (Å²) in [5, 5.41) is 5.95. The van der Waals surface area contributed by atoms with Gasteiger partial charge in [0.2, 0.25) is 11.8 Å². The van der Waals surface area contributed by atoms with Gasteiger partial charge in [0.05, 0.1) is 17.8 Å². The fraction of sp³-hybridized carbons (Fsp3) is 0.125. The maximum absolute atomic E-state index is 11.9. The summed E-state index contributed by atoms with van der Waals surface area (Å²) in [5.74, 6) is -0.310. The Kier molecular flexibility index (Phi) is 5.84. The Labute approximate surface area is 143 Å². The van der Waals surface area contributed by atoms with Crippen LogP contribution >= 0.6 is 23.2 Å². The highest BCUT2D eigenvalue weighted by Gasteiger charge is 2.12. The third kappa shape index (κ3) is 5.16. The van der Waals surface area contributed by atoms with Crippen LogP contribution in [-0.4, -0.2) is 18.9 Å². The first-order valence-electron chi connectivity index (χ1n) is 6.67. The molecule has 2 aromatic carbocycles. The van der Waals surface area contributed by atoms with Crippen LogP contribution in [0.5, 0.6) is 5.75 Å². The number of hydrogen-bond acceptors (Lipinski definition) is 3. The molecule has 2 rings (SSSR count). The van der Waals surface area contributed by atoms with Gasteiger partial charge in [0, 0.05) is 16.8 Å². The van der Waals surface area contributed by atoms with Crippen LogP contribution in [0, 0.1) is 0 Å². The Morgan fingerprint density at radius 3 is 2.48 bits per heavy atom. The number of nitrogens with one attached hydrogen (secondary N) is 2. The number of anilines is 2. The molecule has 0 aliphatic rings. The minimum absolute atomic E-state index is 0.305. The van der Waals surface area contributed by atoms with Crippen molar-refractivity contribution >= 4 is 46.4 Å². The number of carbonyl (C=O) groups is 2. The van der Waals surface area contributed by atoms with E-state index >= 15 is 0 Å². The molecule has 0 saturated carbocycles. The molecule has 0 aromatic heterocycles. The minimum Gasteiger partial charge on any atom is -0.497 e. The molecule has 0 saturated heterocycles. The van der Waals surface area contributed by atoms with E-state index in [1.54, 1.807) is 36.4 Å². The molecule has 23 heavy (non-hydrogen) atoms. The lowest BCUT2D eigenvalue weighted by atomic mass is 10.2. The van der Waals surface area contributed by atoms with E-state index in [9.17, 15) is 9.59 Å². The summed E-state index contributed by atoms with van der Waals surface area (Å²) in [6.45, 7) is 0. The lowest BCUT2D eigenvalue weighted by Crippen LogP contribution is -2.21. The van der Waals surface area contributed by atoms with Gasteiger partial charge in [-0.05, 0) is 30.3 Å². The van der Waals surface area contributed by atoms with Gasteiger partial charge < -0.3 is 15.4 Å². The van der Waals surface area contributed by atoms with E-state index in [0.29, 0.717) is 27.2 Å². The van der Waals surface area contributed by atoms with Crippen molar-refractivity contribution in [2.75, 3.05) is 17.7 Å². The van der Waals surface area contributed by atoms with Crippen molar-refractivity contribution in [3.63, 3.8) is 0 Å². The second-order valence-electron chi connectivity index (χ2n) is 4.63. The van der Waals surface area contributed by atoms with Crippen molar-refractivity contribution in [3.05, 3.63) is 52.5 Å². The third-order valence-corrected chi connectivity index (χ3v) is 3.43. The van der Waals surface area contributed by atoms with Crippen LogP contribution in [0.4, 0.5) is 11.4 Å². The van der Waals surface area contributed by atoms with Gasteiger partial charge in [-0.25, -0.2) is 0 Å². The van der Waals surface area contributed by atoms with E-state index in [1.807, 2.05) is 0 Å². The van der Waals surface area contributed by atoms with Crippen molar-refractivity contribution in [1.29, 1.82) is 0 Å². The summed E-state index contributed by atoms with van der Waals surface area (Å²) in [6, 6.07) is 11.5. The van der Waals surface area contributed by atoms with Gasteiger partial charge in [-0.2, -0.15) is 0 Å². The van der Waals surface area contributed by atoms with Crippen LogP contribution in [0.25, 0.3) is 0 Å². The van der Waals surface area contributed by atoms with E-state index in [2.05, 4.69) is 10.6 Å². The normalized spacial score (nSPS) is 10.0. The lowest BCUT2D eigenvalue weighted by Gasteiger charge is -2.09. The van der Waals surface area contributed by atoms with E-state index < -0.39 is 11.8 Å². The Bertz CT molecular complexity index is 735. The van der Waals surface area contributed by atoms with Crippen LogP contribution in [0.1, 0.15) is 6.42 Å². The fourth-order valence-electron chi connectivity index (χ4n) is 1.84. The van der Waals surface area contributed by atoms with Crippen molar-refractivity contribution in [2.24, 2.45) is 0 Å². The van der Waals surface area contributed by atoms with Crippen molar-refractivity contribution < 1.29 is 14.3 Å². The Morgan fingerprint density at radius 2 is 1.78 bits per heavy atom. The Morgan fingerprint density at radius 1 is 1.04 bits per heavy atom. The third-order valence-electron chi connectivity index (χ3n) is 2.88. The average Bonchev–Trinajstić information content (AvgIpc) is 2.50. The van der Waals surface area contributed by atoms with Gasteiger partial charge in [-0.1, -0.05) is 29.3 Å². The molecule has 0 bridgehead atoms. The summed E-state index contributed by atoms with van der Waals surface area (Å²) in [4.78, 5) is 23.8. The van der Waals surface area contributed by atoms with E-state index in [0.717, 1.165) is 0 Å². The SMILES string of the molecule is COc1cccc(NC(=O)CC(=O)Nc2ccc(Cl)cc2Cl)c1. The minimum atomic E-state index is -0.477. The second kappa shape index (κ2) is 7.85. The van der Waals surface area contributed by atoms with Crippen LogP contribution in [0.2, 0.25) is 10.0 Å². The zero-order valence-corrected chi connectivity index (χ0v) is 13.7. The van der Waals surface area contributed by atoms with Gasteiger partial charge in [-0.3, -0.25) is 9.59 Å². The number of halogens is 2. The molecule has 0 atom stereocenters. The molecule has 0 aliphatic carbocycles. The van der Waals surface area contributed by atoms with E-state index in [4.69, 9.17) is 27.9 Å². The van der Waals surface area contributed by atoms with Crippen molar-refractivity contribution in [1.82, 2.24) is 0 Å². The number of hydrogen-bond donors (Lipinski definition) is 2. The Balaban J connectivity index is 1.93. The molecule has 0 unspecified atom stereocenters. The summed E-state index contributed by atoms with van der Waals surface area (Å²) in [6.07, 6.45) is -0.337. The monoisotopic (exact) mass is 352 g/mol. The van der Waals surface area contributed by atoms with Gasteiger partial charge in [0.25, 0.3) is 0 Å². The van der Waals surface area contributed by atoms with Crippen LogP contribution in [0.15, 0.2) is 42.5 Å². The molecular weight excluding hydrogens is 339 g/mol. The highest BCUT2D eigenvalue weighted by Crippen LogP contribution is 2.25. The number of benzene rings is 2. The van der Waals surface area contributed by atoms with Gasteiger partial charge >= 0.3 is 0 Å². The van der Waals surface area contributed by atoms with Crippen molar-refractivity contribution in [2.45, 2.75) is 6.42 Å². The number of carbonyl (C=O) groups excluding carboxylic acids is 2. The first-order valence-corrected chi connectivity index (χ1v) is 7.42. The predicted molar refractivity (Wildman–Crippen MR) is 91.3 cm³/mol. The molecule has 0 fully saturated rings. The molecule has 0 aliphatic heterocycles. The number of ether oxygens (including phenoxy) is 1. The van der Waals surface area contributed by atoms with Crippen molar-refractivity contribution in [3.8, 4) is 5.75 Å². The summed E-state index contributed by atoms with van der Waals surface area (Å²) >= 11 is 11.7. The maximum Gasteiger partial charge on any atom is 0.233 e. The number of amides is 2. The zero-order chi connectivity index (χ0) is 16.8. The predicted octanol–water partition coefficient (Wildman–Crippen LogP) is 3.97. The van der Waals surface area contributed by atoms with Gasteiger partial charge in [0.15, 0.2) is 0 Å². The smallest absolute Gasteiger partial charge is 0.233 e. The molecule has 120 valence electrons. The molecule has 0 spiro atoms. The molecular formula is C16H14Cl2N2O3. The summed E-state index contributed by atoms with van der Waals surface area (Å²) in [5.41, 5.74) is 0.946. The quantitative estimate of drug-likeness (QED) is 0.800. The van der Waals surface area contributed by atoms with Crippen LogP contribution in [0.3, 0.4) is 0 Å². The topological polar surface area (TPSA) is 67.4 Å². The standard InChI is InChI=1S/C16H14Cl2N2O3/c1-23-12-4-2-3-11(8-12)19-15(21)9-16(22)20-14-6-5-10(17)7-13(14)18/h2-8H,9H2,1H3,(H,19,21)(H,20,22). The molecule has 5 nitrogen and oxygen atoms in total. The Hall–Kier alpha value is -2.24. The highest BCUT2D eigenvalue weighted by atomic mass is 35.5. The average molecular weight is 353 g/mol. The van der Waals surface area contributed by atoms with Crippen LogP contribution < -0.4 is 15.4 Å². The summed E-state index contributed by atoms with van der Waals surface area (Å²) in [7, 11) is 1.53. The van der Waals surface area contributed by atoms with Gasteiger partial charge in [-0.15, -0.1) is 0 Å². The molecule has 0 radical (unpaired) electrons. The first-order chi connectivity index (χ1) is 11.0. The maximum atomic E-state index is 11.9. The molecule has 0 heterocycles. The zero-order valence-electron chi connectivity index (χ0n) is 12.2. The fourth-order valence-corrected chi connectivity index (χ4v) is 2.29. The van der Waals surface area contributed by atoms with E-state index in [-0.39, 0.29) is 6.42 Å². The molecule has 2 N–H and O–H groups in total. The first kappa shape index (κ1) is 17.1. The largest absolute Gasteiger partial charge is 0.497 e. The molecule has 2 aromatic rings. The number of methoxy groups -OCH3 is 1. The van der Waals surface area contributed by atoms with Gasteiger partial charge in [0.1, 0.15) is 12.2 Å². The second-order valence-corrected chi connectivity index (χ2v) is 5.47. The molecule has 2 amide bonds. The lowest BCUT2D eigenvalue weighted by molar-refractivity contribution is -0.123. The van der Waals surface area contributed by atoms with Crippen LogP contribution in [-0.2, 0) is 9.59 Å². The van der Waals surface area contributed by atoms with E-state index in [1.165, 1.54) is 13.2 Å². The molecule has 7 heteroatoms. The highest BCUT2D eigenvalue weighted by molar-refractivity contribution is 6.36. The summed E-state index contributed by atoms with van der Waals surface area (Å²) < 4.78 is 5.06.